The molecule has 10 heteroatoms. The number of amides is 2. The Morgan fingerprint density at radius 3 is 2.29 bits per heavy atom. The molecule has 0 heterocycles. The average molecular weight is 600 g/mol. The molecule has 1 N–H and O–H groups in total. The number of hydrogen-bond donors (Lipinski definition) is 1. The van der Waals surface area contributed by atoms with Gasteiger partial charge < -0.3 is 15.0 Å². The molecule has 0 bridgehead atoms. The van der Waals surface area contributed by atoms with Crippen LogP contribution in [0.15, 0.2) is 77.7 Å². The zero-order valence-electron chi connectivity index (χ0n) is 24.0. The van der Waals surface area contributed by atoms with Crippen LogP contribution in [0.25, 0.3) is 0 Å². The van der Waals surface area contributed by atoms with Crippen LogP contribution < -0.4 is 14.4 Å². The monoisotopic (exact) mass is 599 g/mol. The average Bonchev–Trinajstić information content (AvgIpc) is 2.97. The van der Waals surface area contributed by atoms with Crippen LogP contribution >= 0.6 is 11.6 Å². The van der Waals surface area contributed by atoms with Crippen LogP contribution in [0.2, 0.25) is 5.02 Å². The number of aryl methyl sites for hydroxylation is 1. The van der Waals surface area contributed by atoms with Gasteiger partial charge in [-0.3, -0.25) is 13.9 Å². The number of ether oxygens (including phenoxy) is 1. The second-order valence-corrected chi connectivity index (χ2v) is 12.0. The van der Waals surface area contributed by atoms with E-state index in [0.29, 0.717) is 23.7 Å². The Morgan fingerprint density at radius 1 is 1.00 bits per heavy atom. The van der Waals surface area contributed by atoms with Gasteiger partial charge in [0, 0.05) is 24.2 Å². The fourth-order valence-corrected chi connectivity index (χ4v) is 5.88. The summed E-state index contributed by atoms with van der Waals surface area (Å²) in [6.45, 7) is 5.80. The van der Waals surface area contributed by atoms with Crippen LogP contribution in [0.5, 0.6) is 5.75 Å². The lowest BCUT2D eigenvalue weighted by atomic mass is 10.1. The van der Waals surface area contributed by atoms with Crippen molar-refractivity contribution in [2.24, 2.45) is 0 Å². The van der Waals surface area contributed by atoms with Crippen molar-refractivity contribution < 1.29 is 22.7 Å². The summed E-state index contributed by atoms with van der Waals surface area (Å²) in [6.07, 6.45) is 2.07. The van der Waals surface area contributed by atoms with Crippen LogP contribution in [0.3, 0.4) is 0 Å². The number of sulfonamides is 1. The number of unbranched alkanes of at least 4 members (excludes halogenated alkanes) is 1. The minimum atomic E-state index is -4.16. The highest BCUT2D eigenvalue weighted by Crippen LogP contribution is 2.28. The minimum absolute atomic E-state index is 0.0484. The third kappa shape index (κ3) is 8.47. The molecule has 0 unspecified atom stereocenters. The van der Waals surface area contributed by atoms with Crippen molar-refractivity contribution in [3.8, 4) is 5.75 Å². The standard InChI is InChI=1S/C31H38ClN3O5S/c1-5-7-19-33-31(37)29(6-2)34(21-24-13-15-25(32)16-14-24)30(36)22-35(26-9-8-10-27(20-26)40-4)41(38,39)28-17-11-23(3)12-18-28/h8-18,20,29H,5-7,19,21-22H2,1-4H3,(H,33,37)/t29-/m1/s1. The third-order valence-corrected chi connectivity index (χ3v) is 8.75. The maximum atomic E-state index is 14.1. The quantitative estimate of drug-likeness (QED) is 0.244. The van der Waals surface area contributed by atoms with Gasteiger partial charge in [0.25, 0.3) is 10.0 Å². The first-order valence-corrected chi connectivity index (χ1v) is 15.5. The Kier molecular flexibility index (Phi) is 11.6. The van der Waals surface area contributed by atoms with Crippen molar-refractivity contribution in [3.63, 3.8) is 0 Å². The fraction of sp³-hybridized carbons (Fsp3) is 0.355. The lowest BCUT2D eigenvalue weighted by Gasteiger charge is -2.33. The Bertz CT molecular complexity index is 1410. The van der Waals surface area contributed by atoms with Gasteiger partial charge in [0.1, 0.15) is 18.3 Å². The van der Waals surface area contributed by atoms with E-state index in [2.05, 4.69) is 5.32 Å². The van der Waals surface area contributed by atoms with Crippen molar-refractivity contribution in [3.05, 3.63) is 88.9 Å². The van der Waals surface area contributed by atoms with Crippen molar-refractivity contribution >= 4 is 39.1 Å². The maximum absolute atomic E-state index is 14.1. The summed E-state index contributed by atoms with van der Waals surface area (Å²) in [7, 11) is -2.67. The van der Waals surface area contributed by atoms with E-state index in [0.717, 1.165) is 28.3 Å². The van der Waals surface area contributed by atoms with Gasteiger partial charge in [-0.15, -0.1) is 0 Å². The summed E-state index contributed by atoms with van der Waals surface area (Å²) in [5, 5.41) is 3.47. The number of anilines is 1. The zero-order valence-corrected chi connectivity index (χ0v) is 25.5. The van der Waals surface area contributed by atoms with E-state index < -0.39 is 28.5 Å². The molecule has 41 heavy (non-hydrogen) atoms. The van der Waals surface area contributed by atoms with Gasteiger partial charge in [-0.2, -0.15) is 0 Å². The summed E-state index contributed by atoms with van der Waals surface area (Å²) in [5.74, 6) is -0.354. The molecule has 2 amide bonds. The molecule has 3 aromatic carbocycles. The largest absolute Gasteiger partial charge is 0.497 e. The van der Waals surface area contributed by atoms with Crippen LogP contribution in [-0.4, -0.2) is 51.4 Å². The Labute approximate surface area is 248 Å². The van der Waals surface area contributed by atoms with Crippen molar-refractivity contribution in [1.82, 2.24) is 10.2 Å². The smallest absolute Gasteiger partial charge is 0.264 e. The topological polar surface area (TPSA) is 96.0 Å². The number of halogens is 1. The molecule has 8 nitrogen and oxygen atoms in total. The highest BCUT2D eigenvalue weighted by molar-refractivity contribution is 7.92. The van der Waals surface area contributed by atoms with Crippen LogP contribution in [0.1, 0.15) is 44.2 Å². The Morgan fingerprint density at radius 2 is 1.68 bits per heavy atom. The van der Waals surface area contributed by atoms with E-state index in [4.69, 9.17) is 16.3 Å². The van der Waals surface area contributed by atoms with Gasteiger partial charge in [0.2, 0.25) is 11.8 Å². The molecule has 0 aliphatic carbocycles. The first-order chi connectivity index (χ1) is 19.6. The lowest BCUT2D eigenvalue weighted by molar-refractivity contribution is -0.140. The molecule has 220 valence electrons. The number of carbonyl (C=O) groups excluding carboxylic acids is 2. The van der Waals surface area contributed by atoms with Gasteiger partial charge in [-0.25, -0.2) is 8.42 Å². The molecule has 0 aliphatic heterocycles. The summed E-state index contributed by atoms with van der Waals surface area (Å²) in [6, 6.07) is 19.2. The first kappa shape index (κ1) is 32.0. The number of carbonyl (C=O) groups is 2. The Balaban J connectivity index is 2.05. The van der Waals surface area contributed by atoms with Crippen LogP contribution in [0, 0.1) is 6.92 Å². The predicted octanol–water partition coefficient (Wildman–Crippen LogP) is 5.58. The third-order valence-electron chi connectivity index (χ3n) is 6.71. The number of methoxy groups -OCH3 is 1. The maximum Gasteiger partial charge on any atom is 0.264 e. The van der Waals surface area contributed by atoms with Crippen molar-refractivity contribution in [2.45, 2.75) is 57.5 Å². The molecular weight excluding hydrogens is 562 g/mol. The molecular formula is C31H38ClN3O5S. The van der Waals surface area contributed by atoms with E-state index in [9.17, 15) is 18.0 Å². The first-order valence-electron chi connectivity index (χ1n) is 13.7. The van der Waals surface area contributed by atoms with E-state index in [-0.39, 0.29) is 23.0 Å². The van der Waals surface area contributed by atoms with E-state index in [1.54, 1.807) is 60.7 Å². The van der Waals surface area contributed by atoms with Gasteiger partial charge >= 0.3 is 0 Å². The summed E-state index contributed by atoms with van der Waals surface area (Å²) in [5.41, 5.74) is 1.93. The lowest BCUT2D eigenvalue weighted by Crippen LogP contribution is -2.52. The molecule has 3 rings (SSSR count). The number of benzene rings is 3. The number of hydrogen-bond acceptors (Lipinski definition) is 5. The number of nitrogens with zero attached hydrogens (tertiary/aromatic N) is 2. The van der Waals surface area contributed by atoms with E-state index >= 15 is 0 Å². The highest BCUT2D eigenvalue weighted by Gasteiger charge is 2.33. The summed E-state index contributed by atoms with van der Waals surface area (Å²) in [4.78, 5) is 28.9. The molecule has 0 radical (unpaired) electrons. The van der Waals surface area contributed by atoms with Crippen LogP contribution in [0.4, 0.5) is 5.69 Å². The summed E-state index contributed by atoms with van der Waals surface area (Å²) < 4.78 is 34.3. The molecule has 0 aromatic heterocycles. The summed E-state index contributed by atoms with van der Waals surface area (Å²) >= 11 is 6.07. The number of rotatable bonds is 14. The molecule has 0 spiro atoms. The molecule has 0 saturated carbocycles. The van der Waals surface area contributed by atoms with Crippen molar-refractivity contribution in [1.29, 1.82) is 0 Å². The molecule has 3 aromatic rings. The predicted molar refractivity (Wildman–Crippen MR) is 163 cm³/mol. The minimum Gasteiger partial charge on any atom is -0.497 e. The second kappa shape index (κ2) is 14.9. The molecule has 0 aliphatic rings. The van der Waals surface area contributed by atoms with Gasteiger partial charge in [-0.05, 0) is 61.7 Å². The van der Waals surface area contributed by atoms with Crippen LogP contribution in [-0.2, 0) is 26.2 Å². The zero-order chi connectivity index (χ0) is 30.0. The van der Waals surface area contributed by atoms with Gasteiger partial charge in [-0.1, -0.05) is 67.8 Å². The van der Waals surface area contributed by atoms with Gasteiger partial charge in [0.05, 0.1) is 17.7 Å². The molecule has 1 atom stereocenters. The fourth-order valence-electron chi connectivity index (χ4n) is 4.34. The Hall–Kier alpha value is -3.56. The van der Waals surface area contributed by atoms with Crippen molar-refractivity contribution in [2.75, 3.05) is 24.5 Å². The SMILES string of the molecule is CCCCNC(=O)[C@@H](CC)N(Cc1ccc(Cl)cc1)C(=O)CN(c1cccc(OC)c1)S(=O)(=O)c1ccc(C)cc1. The number of nitrogens with one attached hydrogen (secondary N) is 1. The normalized spacial score (nSPS) is 11.9. The van der Waals surface area contributed by atoms with Gasteiger partial charge in [0.15, 0.2) is 0 Å². The van der Waals surface area contributed by atoms with E-state index in [1.165, 1.54) is 24.1 Å². The highest BCUT2D eigenvalue weighted by atomic mass is 35.5. The molecule has 0 saturated heterocycles. The second-order valence-electron chi connectivity index (χ2n) is 9.74. The van der Waals surface area contributed by atoms with E-state index in [1.807, 2.05) is 20.8 Å². The molecule has 0 fully saturated rings.